The van der Waals surface area contributed by atoms with Gasteiger partial charge in [-0.2, -0.15) is 0 Å². The number of benzene rings is 1. The van der Waals surface area contributed by atoms with Crippen LogP contribution >= 0.6 is 0 Å². The number of hydrogen-bond acceptors (Lipinski definition) is 2. The molecule has 0 saturated heterocycles. The third-order valence-electron chi connectivity index (χ3n) is 1.14. The van der Waals surface area contributed by atoms with Gasteiger partial charge in [-0.1, -0.05) is 18.2 Å². The Morgan fingerprint density at radius 2 is 1.82 bits per heavy atom. The second kappa shape index (κ2) is 4.88. The maximum atomic E-state index is 10.7. The van der Waals surface area contributed by atoms with Crippen LogP contribution in [-0.4, -0.2) is 11.1 Å². The Morgan fingerprint density at radius 3 is 2.27 bits per heavy atom. The van der Waals surface area contributed by atoms with Crippen LogP contribution in [0.1, 0.15) is 10.4 Å². The van der Waals surface area contributed by atoms with Gasteiger partial charge in [-0.25, -0.2) is 5.48 Å². The minimum absolute atomic E-state index is 0. The third-order valence-corrected chi connectivity index (χ3v) is 1.14. The van der Waals surface area contributed by atoms with Gasteiger partial charge in [-0.3, -0.25) is 10.0 Å². The summed E-state index contributed by atoms with van der Waals surface area (Å²) < 4.78 is 0. The van der Waals surface area contributed by atoms with Gasteiger partial charge in [0.2, 0.25) is 0 Å². The van der Waals surface area contributed by atoms with Crippen LogP contribution in [0.25, 0.3) is 0 Å². The van der Waals surface area contributed by atoms with E-state index < -0.39 is 5.91 Å². The van der Waals surface area contributed by atoms with Crippen molar-refractivity contribution in [2.75, 3.05) is 0 Å². The normalized spacial score (nSPS) is 8.09. The molecule has 0 aliphatic rings. The molecule has 0 radical (unpaired) electrons. The van der Waals surface area contributed by atoms with E-state index in [4.69, 9.17) is 5.21 Å². The maximum absolute atomic E-state index is 10.7. The topological polar surface area (TPSA) is 49.3 Å². The number of rotatable bonds is 1. The quantitative estimate of drug-likeness (QED) is 0.396. The van der Waals surface area contributed by atoms with Crippen molar-refractivity contribution in [1.82, 2.24) is 5.48 Å². The van der Waals surface area contributed by atoms with Gasteiger partial charge in [-0.15, -0.1) is 0 Å². The smallest absolute Gasteiger partial charge is 0.274 e. The van der Waals surface area contributed by atoms with Crippen molar-refractivity contribution in [2.24, 2.45) is 0 Å². The van der Waals surface area contributed by atoms with Gasteiger partial charge in [0.25, 0.3) is 5.91 Å². The molecule has 1 rings (SSSR count). The zero-order chi connectivity index (χ0) is 7.40. The van der Waals surface area contributed by atoms with Gasteiger partial charge < -0.3 is 0 Å². The number of hydrogen-bond donors (Lipinski definition) is 2. The molecule has 1 aromatic carbocycles. The summed E-state index contributed by atoms with van der Waals surface area (Å²) in [6.07, 6.45) is 0. The van der Waals surface area contributed by atoms with E-state index in [-0.39, 0.29) is 16.5 Å². The van der Waals surface area contributed by atoms with Crippen LogP contribution in [0.4, 0.5) is 0 Å². The van der Waals surface area contributed by atoms with Gasteiger partial charge in [0.15, 0.2) is 0 Å². The maximum Gasteiger partial charge on any atom is 0.274 e. The minimum atomic E-state index is -0.486. The summed E-state index contributed by atoms with van der Waals surface area (Å²) in [5.74, 6) is -0.486. The van der Waals surface area contributed by atoms with Crippen LogP contribution in [0.5, 0.6) is 0 Å². The Kier molecular flexibility index (Phi) is 4.50. The van der Waals surface area contributed by atoms with Crippen molar-refractivity contribution in [3.05, 3.63) is 35.9 Å². The van der Waals surface area contributed by atoms with Crippen LogP contribution in [0, 0.1) is 0 Å². The van der Waals surface area contributed by atoms with Crippen molar-refractivity contribution >= 4 is 5.91 Å². The summed E-state index contributed by atoms with van der Waals surface area (Å²) in [6.45, 7) is 0. The Morgan fingerprint density at radius 1 is 1.27 bits per heavy atom. The number of nitrogens with one attached hydrogen (secondary N) is 1. The van der Waals surface area contributed by atoms with Crippen LogP contribution < -0.4 is 5.48 Å². The van der Waals surface area contributed by atoms with E-state index in [1.54, 1.807) is 35.8 Å². The fourth-order valence-electron chi connectivity index (χ4n) is 0.654. The largest absolute Gasteiger partial charge is 0.288 e. The van der Waals surface area contributed by atoms with Crippen LogP contribution in [0.2, 0.25) is 0 Å². The molecule has 11 heavy (non-hydrogen) atoms. The van der Waals surface area contributed by atoms with Gasteiger partial charge in [0.05, 0.1) is 0 Å². The molecule has 0 aliphatic heterocycles. The molecule has 0 spiro atoms. The summed E-state index contributed by atoms with van der Waals surface area (Å²) in [6, 6.07) is 8.49. The van der Waals surface area contributed by atoms with Gasteiger partial charge in [0, 0.05) is 22.1 Å². The summed E-state index contributed by atoms with van der Waals surface area (Å²) >= 11 is 0. The summed E-state index contributed by atoms with van der Waals surface area (Å²) in [5.41, 5.74) is 1.99. The summed E-state index contributed by atoms with van der Waals surface area (Å²) in [7, 11) is 0. The van der Waals surface area contributed by atoms with E-state index in [2.05, 4.69) is 0 Å². The molecule has 0 bridgehead atoms. The van der Waals surface area contributed by atoms with E-state index in [0.717, 1.165) is 0 Å². The number of carbonyl (C=O) groups excluding carboxylic acids is 1. The Balaban J connectivity index is 0.000001000. The second-order valence-electron chi connectivity index (χ2n) is 1.81. The second-order valence-corrected chi connectivity index (χ2v) is 1.81. The molecule has 62 valence electrons. The molecule has 1 aromatic rings. The zero-order valence-electron chi connectivity index (χ0n) is 5.56. The van der Waals surface area contributed by atoms with Crippen molar-refractivity contribution in [2.45, 2.75) is 0 Å². The van der Waals surface area contributed by atoms with Crippen LogP contribution in [0.3, 0.4) is 0 Å². The first-order chi connectivity index (χ1) is 4.84. The summed E-state index contributed by atoms with van der Waals surface area (Å²) in [4.78, 5) is 10.7. The molecule has 2 N–H and O–H groups in total. The fourth-order valence-corrected chi connectivity index (χ4v) is 0.654. The molecule has 0 aliphatic carbocycles. The first-order valence-corrected chi connectivity index (χ1v) is 2.84. The van der Waals surface area contributed by atoms with Crippen molar-refractivity contribution in [1.29, 1.82) is 0 Å². The molecular weight excluding hydrogens is 189 g/mol. The van der Waals surface area contributed by atoms with E-state index in [0.29, 0.717) is 5.56 Å². The summed E-state index contributed by atoms with van der Waals surface area (Å²) in [5, 5.41) is 8.19. The minimum Gasteiger partial charge on any atom is -0.288 e. The number of carbonyl (C=O) groups is 1. The average molecular weight is 196 g/mol. The molecule has 0 saturated carbocycles. The van der Waals surface area contributed by atoms with E-state index in [9.17, 15) is 4.79 Å². The Bertz CT molecular complexity index is 225. The fraction of sp³-hybridized carbons (Fsp3) is 0. The van der Waals surface area contributed by atoms with Crippen LogP contribution in [-0.2, 0) is 16.5 Å². The molecule has 1 amide bonds. The predicted octanol–water partition coefficient (Wildman–Crippen LogP) is 0.803. The van der Waals surface area contributed by atoms with E-state index in [1.165, 1.54) is 0 Å². The predicted molar refractivity (Wildman–Crippen MR) is 35.7 cm³/mol. The number of amides is 1. The Hall–Kier alpha value is -0.856. The monoisotopic (exact) mass is 195 g/mol. The van der Waals surface area contributed by atoms with Crippen molar-refractivity contribution in [3.63, 3.8) is 0 Å². The van der Waals surface area contributed by atoms with E-state index >= 15 is 0 Å². The molecule has 0 unspecified atom stereocenters. The van der Waals surface area contributed by atoms with Crippen molar-refractivity contribution in [3.8, 4) is 0 Å². The molecule has 3 nitrogen and oxygen atoms in total. The molecule has 0 fully saturated rings. The van der Waals surface area contributed by atoms with Crippen LogP contribution in [0.15, 0.2) is 30.3 Å². The third kappa shape index (κ3) is 2.70. The molecule has 0 heterocycles. The first-order valence-electron chi connectivity index (χ1n) is 2.84. The van der Waals surface area contributed by atoms with Crippen molar-refractivity contribution < 1.29 is 26.5 Å². The SMILES string of the molecule is O=C(NO)c1ccccc1.[Ni]. The van der Waals surface area contributed by atoms with Gasteiger partial charge in [-0.05, 0) is 12.1 Å². The molecule has 0 atom stereocenters. The zero-order valence-corrected chi connectivity index (χ0v) is 6.55. The number of hydroxylamine groups is 1. The Labute approximate surface area is 74.3 Å². The molecule has 0 aromatic heterocycles. The molecular formula is C7H7NNiO2. The first kappa shape index (κ1) is 10.1. The average Bonchev–Trinajstić information content (AvgIpc) is 2.05. The van der Waals surface area contributed by atoms with E-state index in [1.807, 2.05) is 0 Å². The van der Waals surface area contributed by atoms with Gasteiger partial charge in [0.1, 0.15) is 0 Å². The standard InChI is InChI=1S/C7H7NO2.Ni/c9-7(8-10)6-4-2-1-3-5-6;/h1-5,10H,(H,8,9);. The molecule has 4 heteroatoms. The van der Waals surface area contributed by atoms with Gasteiger partial charge >= 0.3 is 0 Å².